The van der Waals surface area contributed by atoms with Crippen LogP contribution in [0.3, 0.4) is 0 Å². The van der Waals surface area contributed by atoms with Crippen LogP contribution in [-0.4, -0.2) is 65.9 Å². The number of nitrogens with zero attached hydrogens (tertiary/aromatic N) is 2. The molecule has 1 aliphatic heterocycles. The molecule has 0 bridgehead atoms. The summed E-state index contributed by atoms with van der Waals surface area (Å²) in [5.74, 6) is 0.0916. The van der Waals surface area contributed by atoms with E-state index in [0.717, 1.165) is 31.2 Å². The molecule has 0 radical (unpaired) electrons. The first-order valence-electron chi connectivity index (χ1n) is 10.8. The van der Waals surface area contributed by atoms with Crippen molar-refractivity contribution >= 4 is 12.1 Å². The third kappa shape index (κ3) is 4.69. The summed E-state index contributed by atoms with van der Waals surface area (Å²) in [7, 11) is 1.33. The summed E-state index contributed by atoms with van der Waals surface area (Å²) in [4.78, 5) is 28.4. The van der Waals surface area contributed by atoms with E-state index in [1.165, 1.54) is 7.11 Å². The predicted molar refractivity (Wildman–Crippen MR) is 108 cm³/mol. The molecule has 3 aliphatic rings. The van der Waals surface area contributed by atoms with E-state index < -0.39 is 6.09 Å². The maximum atomic E-state index is 14.4. The summed E-state index contributed by atoms with van der Waals surface area (Å²) < 4.78 is 19.3. The van der Waals surface area contributed by atoms with Crippen molar-refractivity contribution in [1.82, 2.24) is 15.1 Å². The summed E-state index contributed by atoms with van der Waals surface area (Å²) >= 11 is 0. The zero-order valence-corrected chi connectivity index (χ0v) is 17.3. The third-order valence-electron chi connectivity index (χ3n) is 6.33. The van der Waals surface area contributed by atoms with Crippen molar-refractivity contribution in [2.45, 2.75) is 56.7 Å². The Morgan fingerprint density at radius 2 is 2.00 bits per heavy atom. The first-order chi connectivity index (χ1) is 14.5. The molecule has 8 heteroatoms. The quantitative estimate of drug-likeness (QED) is 0.743. The molecule has 30 heavy (non-hydrogen) atoms. The molecule has 2 aliphatic carbocycles. The predicted octanol–water partition coefficient (Wildman–Crippen LogP) is 2.83. The molecule has 4 rings (SSSR count). The van der Waals surface area contributed by atoms with E-state index in [2.05, 4.69) is 5.32 Å². The second-order valence-electron chi connectivity index (χ2n) is 8.74. The summed E-state index contributed by atoms with van der Waals surface area (Å²) in [6.07, 6.45) is 4.23. The number of amides is 3. The Balaban J connectivity index is 1.42. The lowest BCUT2D eigenvalue weighted by Gasteiger charge is -2.41. The fourth-order valence-electron chi connectivity index (χ4n) is 4.41. The molecular weight excluding hydrogens is 389 g/mol. The Hall–Kier alpha value is -2.35. The number of methoxy groups -OCH3 is 1. The van der Waals surface area contributed by atoms with Crippen LogP contribution in [0.1, 0.15) is 49.1 Å². The number of aliphatic hydroxyl groups is 1. The second-order valence-corrected chi connectivity index (χ2v) is 8.74. The molecule has 7 nitrogen and oxygen atoms in total. The lowest BCUT2D eigenvalue weighted by atomic mass is 9.94. The molecule has 2 atom stereocenters. The number of hydrogen-bond donors (Lipinski definition) is 2. The molecule has 164 valence electrons. The zero-order chi connectivity index (χ0) is 21.3. The van der Waals surface area contributed by atoms with Gasteiger partial charge < -0.3 is 25.0 Å². The van der Waals surface area contributed by atoms with Gasteiger partial charge in [0.25, 0.3) is 0 Å². The van der Waals surface area contributed by atoms with Crippen LogP contribution in [0.25, 0.3) is 0 Å². The van der Waals surface area contributed by atoms with E-state index in [4.69, 9.17) is 4.74 Å². The van der Waals surface area contributed by atoms with Gasteiger partial charge in [0.1, 0.15) is 5.82 Å². The third-order valence-corrected chi connectivity index (χ3v) is 6.33. The smallest absolute Gasteiger partial charge is 0.409 e. The summed E-state index contributed by atoms with van der Waals surface area (Å²) in [5, 5.41) is 12.5. The Labute approximate surface area is 176 Å². The molecule has 2 N–H and O–H groups in total. The number of ether oxygens (including phenoxy) is 1. The van der Waals surface area contributed by atoms with Gasteiger partial charge in [-0.2, -0.15) is 0 Å². The zero-order valence-electron chi connectivity index (χ0n) is 17.3. The fraction of sp³-hybridized carbons (Fsp3) is 0.636. The van der Waals surface area contributed by atoms with Crippen molar-refractivity contribution in [3.63, 3.8) is 0 Å². The van der Waals surface area contributed by atoms with Crippen LogP contribution in [0.5, 0.6) is 0 Å². The molecule has 0 aromatic heterocycles. The number of hydrogen-bond acceptors (Lipinski definition) is 4. The van der Waals surface area contributed by atoms with Gasteiger partial charge in [-0.05, 0) is 49.7 Å². The van der Waals surface area contributed by atoms with Crippen LogP contribution in [0.4, 0.5) is 14.0 Å². The molecule has 2 saturated carbocycles. The number of nitrogens with one attached hydrogen (secondary N) is 1. The molecule has 2 unspecified atom stereocenters. The standard InChI is InChI=1S/C22H30FN3O4/c1-30-22(29)25-11-14(13-27)8-19(12-25)26(18-6-7-18)21(28)24-10-17-5-4-16(9-20(17)23)15-2-3-15/h4-5,9,14-15,18-19,27H,2-3,6-8,10-13H2,1H3,(H,24,28). The molecule has 3 fully saturated rings. The van der Waals surface area contributed by atoms with Crippen LogP contribution < -0.4 is 5.32 Å². The highest BCUT2D eigenvalue weighted by Gasteiger charge is 2.42. The molecule has 0 spiro atoms. The number of likely N-dealkylation sites (tertiary alicyclic amines) is 1. The normalized spacial score (nSPS) is 23.8. The molecule has 1 saturated heterocycles. The fourth-order valence-corrected chi connectivity index (χ4v) is 4.41. The van der Waals surface area contributed by atoms with E-state index in [9.17, 15) is 19.1 Å². The van der Waals surface area contributed by atoms with Gasteiger partial charge in [0, 0.05) is 43.8 Å². The maximum Gasteiger partial charge on any atom is 0.409 e. The summed E-state index contributed by atoms with van der Waals surface area (Å²) in [6.45, 7) is 0.855. The number of carbonyl (C=O) groups is 2. The second kappa shape index (κ2) is 8.79. The van der Waals surface area contributed by atoms with Gasteiger partial charge >= 0.3 is 12.1 Å². The van der Waals surface area contributed by atoms with Crippen molar-refractivity contribution in [2.75, 3.05) is 26.8 Å². The topological polar surface area (TPSA) is 82.1 Å². The molecule has 3 amide bonds. The average Bonchev–Trinajstić information content (AvgIpc) is 3.65. The van der Waals surface area contributed by atoms with Gasteiger partial charge in [-0.25, -0.2) is 14.0 Å². The maximum absolute atomic E-state index is 14.4. The minimum Gasteiger partial charge on any atom is -0.453 e. The van der Waals surface area contributed by atoms with Gasteiger partial charge in [-0.1, -0.05) is 12.1 Å². The Bertz CT molecular complexity index is 797. The van der Waals surface area contributed by atoms with E-state index >= 15 is 0 Å². The van der Waals surface area contributed by atoms with Crippen molar-refractivity contribution < 1.29 is 23.8 Å². The summed E-state index contributed by atoms with van der Waals surface area (Å²) in [6, 6.07) is 4.95. The molecule has 1 aromatic rings. The first kappa shape index (κ1) is 20.9. The van der Waals surface area contributed by atoms with Gasteiger partial charge in [-0.15, -0.1) is 0 Å². The van der Waals surface area contributed by atoms with Crippen LogP contribution >= 0.6 is 0 Å². The average molecular weight is 419 g/mol. The Morgan fingerprint density at radius 3 is 2.60 bits per heavy atom. The first-order valence-corrected chi connectivity index (χ1v) is 10.8. The number of rotatable bonds is 6. The number of urea groups is 1. The number of piperidine rings is 1. The van der Waals surface area contributed by atoms with E-state index in [1.54, 1.807) is 21.9 Å². The van der Waals surface area contributed by atoms with Gasteiger partial charge in [0.15, 0.2) is 0 Å². The van der Waals surface area contributed by atoms with Gasteiger partial charge in [0.2, 0.25) is 0 Å². The monoisotopic (exact) mass is 419 g/mol. The lowest BCUT2D eigenvalue weighted by molar-refractivity contribution is 0.0464. The SMILES string of the molecule is COC(=O)N1CC(CO)CC(N(C(=O)NCc2ccc(C3CC3)cc2F)C2CC2)C1. The van der Waals surface area contributed by atoms with Gasteiger partial charge in [0.05, 0.1) is 13.2 Å². The number of aliphatic hydroxyl groups excluding tert-OH is 1. The van der Waals surface area contributed by atoms with Crippen molar-refractivity contribution in [3.05, 3.63) is 35.1 Å². The summed E-state index contributed by atoms with van der Waals surface area (Å²) in [5.41, 5.74) is 1.50. The minimum atomic E-state index is -0.452. The largest absolute Gasteiger partial charge is 0.453 e. The van der Waals surface area contributed by atoms with Crippen LogP contribution in [-0.2, 0) is 11.3 Å². The van der Waals surface area contributed by atoms with E-state index in [-0.39, 0.29) is 43.0 Å². The Kier molecular flexibility index (Phi) is 6.13. The van der Waals surface area contributed by atoms with E-state index in [0.29, 0.717) is 31.0 Å². The molecule has 1 heterocycles. The van der Waals surface area contributed by atoms with Crippen LogP contribution in [0, 0.1) is 11.7 Å². The number of halogens is 1. The van der Waals surface area contributed by atoms with Crippen LogP contribution in [0.15, 0.2) is 18.2 Å². The lowest BCUT2D eigenvalue weighted by Crippen LogP contribution is -2.57. The van der Waals surface area contributed by atoms with Crippen LogP contribution in [0.2, 0.25) is 0 Å². The highest BCUT2D eigenvalue weighted by Crippen LogP contribution is 2.40. The number of carbonyl (C=O) groups excluding carboxylic acids is 2. The van der Waals surface area contributed by atoms with Gasteiger partial charge in [-0.3, -0.25) is 0 Å². The van der Waals surface area contributed by atoms with Crippen molar-refractivity contribution in [2.24, 2.45) is 5.92 Å². The molecule has 1 aromatic carbocycles. The highest BCUT2D eigenvalue weighted by molar-refractivity contribution is 5.75. The van der Waals surface area contributed by atoms with Crippen molar-refractivity contribution in [1.29, 1.82) is 0 Å². The van der Waals surface area contributed by atoms with E-state index in [1.807, 2.05) is 6.07 Å². The minimum absolute atomic E-state index is 0.0529. The molecular formula is C22H30FN3O4. The Morgan fingerprint density at radius 1 is 1.23 bits per heavy atom. The van der Waals surface area contributed by atoms with Crippen molar-refractivity contribution in [3.8, 4) is 0 Å². The number of benzene rings is 1. The highest BCUT2D eigenvalue weighted by atomic mass is 19.1.